The van der Waals surface area contributed by atoms with Crippen LogP contribution in [0.2, 0.25) is 0 Å². The first-order valence-corrected chi connectivity index (χ1v) is 15.0. The number of aromatic nitrogens is 3. The van der Waals surface area contributed by atoms with E-state index in [-0.39, 0.29) is 24.3 Å². The topological polar surface area (TPSA) is 104 Å². The van der Waals surface area contributed by atoms with Crippen molar-refractivity contribution in [3.8, 4) is 11.6 Å². The summed E-state index contributed by atoms with van der Waals surface area (Å²) < 4.78 is 16.2. The molecule has 0 fully saturated rings. The molecular formula is C32H34N4O5S. The molecule has 10 heteroatoms. The number of carbonyl (C=O) groups is 2. The Labute approximate surface area is 249 Å². The van der Waals surface area contributed by atoms with Crippen molar-refractivity contribution in [1.82, 2.24) is 15.0 Å². The maximum atomic E-state index is 13.4. The number of amides is 1. The van der Waals surface area contributed by atoms with Crippen LogP contribution in [0.15, 0.2) is 72.4 Å². The van der Waals surface area contributed by atoms with Crippen molar-refractivity contribution in [3.63, 3.8) is 0 Å². The number of methoxy groups -OCH3 is 1. The quantitative estimate of drug-likeness (QED) is 0.187. The van der Waals surface area contributed by atoms with E-state index in [0.717, 1.165) is 53.9 Å². The molecule has 2 atom stereocenters. The molecule has 1 amide bonds. The third-order valence-electron chi connectivity index (χ3n) is 7.24. The number of nitrogens with zero attached hydrogens (tertiary/aromatic N) is 4. The fourth-order valence-corrected chi connectivity index (χ4v) is 6.16. The van der Waals surface area contributed by atoms with Gasteiger partial charge in [-0.25, -0.2) is 19.7 Å². The van der Waals surface area contributed by atoms with Gasteiger partial charge in [0.05, 0.1) is 25.8 Å². The van der Waals surface area contributed by atoms with Gasteiger partial charge in [0, 0.05) is 35.8 Å². The summed E-state index contributed by atoms with van der Waals surface area (Å²) in [5.74, 6) is 1.15. The SMILES string of the molecule is CCOC(=O)CC(c1ccc(OC)nc1)c1nc(CCCC2CCc3cccnc3N2C(=O)Oc2ccccc2)cs1. The molecule has 218 valence electrons. The summed E-state index contributed by atoms with van der Waals surface area (Å²) in [6.07, 6.45) is 7.24. The Kier molecular flexibility index (Phi) is 9.76. The zero-order chi connectivity index (χ0) is 29.3. The molecule has 9 nitrogen and oxygen atoms in total. The highest BCUT2D eigenvalue weighted by molar-refractivity contribution is 7.09. The highest BCUT2D eigenvalue weighted by Gasteiger charge is 2.33. The van der Waals surface area contributed by atoms with Gasteiger partial charge in [0.2, 0.25) is 5.88 Å². The van der Waals surface area contributed by atoms with E-state index in [9.17, 15) is 9.59 Å². The van der Waals surface area contributed by atoms with Gasteiger partial charge in [0.1, 0.15) is 16.6 Å². The van der Waals surface area contributed by atoms with Crippen LogP contribution in [0.3, 0.4) is 0 Å². The first kappa shape index (κ1) is 29.2. The minimum Gasteiger partial charge on any atom is -0.481 e. The molecular weight excluding hydrogens is 552 g/mol. The summed E-state index contributed by atoms with van der Waals surface area (Å²) in [4.78, 5) is 41.3. The van der Waals surface area contributed by atoms with Gasteiger partial charge in [0.15, 0.2) is 0 Å². The normalized spacial score (nSPS) is 15.0. The molecule has 0 radical (unpaired) electrons. The number of thiazole rings is 1. The Morgan fingerprint density at radius 2 is 1.95 bits per heavy atom. The van der Waals surface area contributed by atoms with Crippen LogP contribution in [-0.2, 0) is 22.4 Å². The van der Waals surface area contributed by atoms with Gasteiger partial charge in [0.25, 0.3) is 0 Å². The number of ether oxygens (including phenoxy) is 3. The molecule has 4 heterocycles. The van der Waals surface area contributed by atoms with Crippen LogP contribution in [0, 0.1) is 0 Å². The van der Waals surface area contributed by atoms with E-state index in [4.69, 9.17) is 19.2 Å². The molecule has 0 bridgehead atoms. The summed E-state index contributed by atoms with van der Waals surface area (Å²) in [5, 5.41) is 2.89. The van der Waals surface area contributed by atoms with Crippen molar-refractivity contribution in [3.05, 3.63) is 94.2 Å². The number of para-hydroxylation sites is 1. The van der Waals surface area contributed by atoms with Gasteiger partial charge in [-0.05, 0) is 68.4 Å². The summed E-state index contributed by atoms with van der Waals surface area (Å²) >= 11 is 1.53. The van der Waals surface area contributed by atoms with Gasteiger partial charge in [-0.1, -0.05) is 30.3 Å². The second-order valence-corrected chi connectivity index (χ2v) is 10.9. The monoisotopic (exact) mass is 586 g/mol. The lowest BCUT2D eigenvalue weighted by Gasteiger charge is -2.35. The number of aryl methyl sites for hydroxylation is 2. The van der Waals surface area contributed by atoms with Gasteiger partial charge in [-0.3, -0.25) is 9.69 Å². The van der Waals surface area contributed by atoms with Crippen LogP contribution in [0.1, 0.15) is 60.4 Å². The summed E-state index contributed by atoms with van der Waals surface area (Å²) in [7, 11) is 1.57. The predicted molar refractivity (Wildman–Crippen MR) is 160 cm³/mol. The molecule has 1 aliphatic rings. The standard InChI is InChI=1S/C32H34N4O5S/c1-3-40-29(37)19-27(23-15-17-28(39-2)34-20-23)31-35-24(21-42-31)10-7-11-25-16-14-22-9-8-18-33-30(22)36(25)32(38)41-26-12-5-4-6-13-26/h4-6,8-9,12-13,15,17-18,20-21,25,27H,3,7,10-11,14,16,19H2,1-2H3. The molecule has 1 aliphatic heterocycles. The average molecular weight is 587 g/mol. The molecule has 0 saturated heterocycles. The number of fused-ring (bicyclic) bond motifs is 1. The molecule has 1 aromatic carbocycles. The number of hydrogen-bond donors (Lipinski definition) is 0. The lowest BCUT2D eigenvalue weighted by Crippen LogP contribution is -2.46. The van der Waals surface area contributed by atoms with Crippen LogP contribution in [0.5, 0.6) is 11.6 Å². The molecule has 0 saturated carbocycles. The Morgan fingerprint density at radius 1 is 1.10 bits per heavy atom. The second-order valence-electron chi connectivity index (χ2n) is 9.99. The number of hydrogen-bond acceptors (Lipinski definition) is 9. The molecule has 0 aliphatic carbocycles. The van der Waals surface area contributed by atoms with Crippen molar-refractivity contribution in [1.29, 1.82) is 0 Å². The first-order valence-electron chi connectivity index (χ1n) is 14.2. The van der Waals surface area contributed by atoms with E-state index in [1.54, 1.807) is 49.5 Å². The molecule has 0 spiro atoms. The number of carbonyl (C=O) groups excluding carboxylic acids is 2. The third-order valence-corrected chi connectivity index (χ3v) is 8.24. The fraction of sp³-hybridized carbons (Fsp3) is 0.344. The summed E-state index contributed by atoms with van der Waals surface area (Å²) in [6, 6.07) is 16.7. The third kappa shape index (κ3) is 7.12. The molecule has 5 rings (SSSR count). The maximum Gasteiger partial charge on any atom is 0.421 e. The van der Waals surface area contributed by atoms with Crippen LogP contribution in [-0.4, -0.2) is 46.8 Å². The second kappa shape index (κ2) is 14.0. The lowest BCUT2D eigenvalue weighted by molar-refractivity contribution is -0.143. The first-order chi connectivity index (χ1) is 20.6. The largest absolute Gasteiger partial charge is 0.481 e. The van der Waals surface area contributed by atoms with Crippen molar-refractivity contribution in [2.45, 2.75) is 57.4 Å². The molecule has 4 aromatic rings. The minimum atomic E-state index is -0.420. The van der Waals surface area contributed by atoms with Crippen molar-refractivity contribution < 1.29 is 23.8 Å². The number of anilines is 1. The fourth-order valence-electron chi connectivity index (χ4n) is 5.18. The maximum absolute atomic E-state index is 13.4. The van der Waals surface area contributed by atoms with Crippen LogP contribution in [0.4, 0.5) is 10.6 Å². The number of pyridine rings is 2. The van der Waals surface area contributed by atoms with E-state index in [1.807, 2.05) is 41.8 Å². The Balaban J connectivity index is 1.27. The van der Waals surface area contributed by atoms with E-state index in [2.05, 4.69) is 9.97 Å². The van der Waals surface area contributed by atoms with Crippen molar-refractivity contribution in [2.24, 2.45) is 0 Å². The average Bonchev–Trinajstić information content (AvgIpc) is 3.49. The zero-order valence-corrected chi connectivity index (χ0v) is 24.6. The van der Waals surface area contributed by atoms with Gasteiger partial charge >= 0.3 is 12.1 Å². The molecule has 2 unspecified atom stereocenters. The smallest absolute Gasteiger partial charge is 0.421 e. The van der Waals surface area contributed by atoms with Crippen molar-refractivity contribution in [2.75, 3.05) is 18.6 Å². The Morgan fingerprint density at radius 3 is 2.71 bits per heavy atom. The van der Waals surface area contributed by atoms with Gasteiger partial charge < -0.3 is 14.2 Å². The van der Waals surface area contributed by atoms with Crippen LogP contribution >= 0.6 is 11.3 Å². The minimum absolute atomic E-state index is 0.0383. The number of benzene rings is 1. The Hall–Kier alpha value is -4.31. The zero-order valence-electron chi connectivity index (χ0n) is 23.8. The van der Waals surface area contributed by atoms with E-state index >= 15 is 0 Å². The van der Waals surface area contributed by atoms with Crippen LogP contribution in [0.25, 0.3) is 0 Å². The van der Waals surface area contributed by atoms with Crippen LogP contribution < -0.4 is 14.4 Å². The van der Waals surface area contributed by atoms with E-state index < -0.39 is 6.09 Å². The molecule has 42 heavy (non-hydrogen) atoms. The summed E-state index contributed by atoms with van der Waals surface area (Å²) in [6.45, 7) is 2.12. The Bertz CT molecular complexity index is 1480. The number of esters is 1. The van der Waals surface area contributed by atoms with E-state index in [1.165, 1.54) is 11.3 Å². The highest BCUT2D eigenvalue weighted by Crippen LogP contribution is 2.34. The van der Waals surface area contributed by atoms with Gasteiger partial charge in [-0.2, -0.15) is 0 Å². The summed E-state index contributed by atoms with van der Waals surface area (Å²) in [5.41, 5.74) is 2.88. The van der Waals surface area contributed by atoms with Crippen molar-refractivity contribution >= 4 is 29.2 Å². The predicted octanol–water partition coefficient (Wildman–Crippen LogP) is 6.37. The molecule has 0 N–H and O–H groups in total. The van der Waals surface area contributed by atoms with Gasteiger partial charge in [-0.15, -0.1) is 11.3 Å². The van der Waals surface area contributed by atoms with E-state index in [0.29, 0.717) is 24.1 Å². The molecule has 3 aromatic heterocycles. The number of rotatable bonds is 11. The lowest BCUT2D eigenvalue weighted by atomic mass is 9.95. The highest BCUT2D eigenvalue weighted by atomic mass is 32.1.